The normalized spacial score (nSPS) is 17.2. The topological polar surface area (TPSA) is 61.4 Å². The van der Waals surface area contributed by atoms with E-state index < -0.39 is 5.60 Å². The fourth-order valence-electron chi connectivity index (χ4n) is 0.971. The first-order chi connectivity index (χ1) is 6.41. The Bertz CT molecular complexity index is 181. The van der Waals surface area contributed by atoms with Gasteiger partial charge < -0.3 is 15.7 Å². The van der Waals surface area contributed by atoms with Crippen molar-refractivity contribution in [3.05, 3.63) is 0 Å². The van der Waals surface area contributed by atoms with Crippen LogP contribution in [0.15, 0.2) is 0 Å². The smallest absolute Gasteiger partial charge is 0.221 e. The first-order valence-electron chi connectivity index (χ1n) is 5.07. The van der Waals surface area contributed by atoms with Crippen LogP contribution in [0.5, 0.6) is 0 Å². The largest absolute Gasteiger partial charge is 0.389 e. The van der Waals surface area contributed by atoms with Crippen LogP contribution in [0.1, 0.15) is 33.6 Å². The van der Waals surface area contributed by atoms with Gasteiger partial charge in [-0.25, -0.2) is 0 Å². The number of rotatable bonds is 6. The van der Waals surface area contributed by atoms with Crippen molar-refractivity contribution in [3.63, 3.8) is 0 Å². The van der Waals surface area contributed by atoms with E-state index in [2.05, 4.69) is 10.6 Å². The summed E-state index contributed by atoms with van der Waals surface area (Å²) < 4.78 is 0. The van der Waals surface area contributed by atoms with Crippen LogP contribution in [0.3, 0.4) is 0 Å². The summed E-state index contributed by atoms with van der Waals surface area (Å²) in [5.41, 5.74) is -0.684. The minimum atomic E-state index is -0.684. The summed E-state index contributed by atoms with van der Waals surface area (Å²) in [7, 11) is 1.62. The van der Waals surface area contributed by atoms with Gasteiger partial charge in [0, 0.05) is 26.1 Å². The van der Waals surface area contributed by atoms with Gasteiger partial charge in [0.05, 0.1) is 5.60 Å². The van der Waals surface area contributed by atoms with E-state index in [0.717, 1.165) is 0 Å². The second-order valence-electron chi connectivity index (χ2n) is 4.01. The van der Waals surface area contributed by atoms with Gasteiger partial charge in [0.1, 0.15) is 0 Å². The molecule has 0 radical (unpaired) electrons. The van der Waals surface area contributed by atoms with Crippen LogP contribution >= 0.6 is 0 Å². The average Bonchev–Trinajstić information content (AvgIpc) is 2.15. The van der Waals surface area contributed by atoms with Crippen LogP contribution in [0.2, 0.25) is 0 Å². The Hall–Kier alpha value is -0.610. The molecule has 1 amide bonds. The molecule has 4 heteroatoms. The highest BCUT2D eigenvalue weighted by molar-refractivity contribution is 5.76. The quantitative estimate of drug-likeness (QED) is 0.579. The third-order valence-electron chi connectivity index (χ3n) is 2.36. The summed E-state index contributed by atoms with van der Waals surface area (Å²) in [6.45, 7) is 6.17. The maximum absolute atomic E-state index is 11.0. The highest BCUT2D eigenvalue weighted by Gasteiger charge is 2.18. The summed E-state index contributed by atoms with van der Waals surface area (Å²) in [5.74, 6) is 0.0149. The minimum absolute atomic E-state index is 0.0149. The van der Waals surface area contributed by atoms with Gasteiger partial charge in [0.15, 0.2) is 0 Å². The van der Waals surface area contributed by atoms with Crippen molar-refractivity contribution in [3.8, 4) is 0 Å². The summed E-state index contributed by atoms with van der Waals surface area (Å²) in [5, 5.41) is 15.4. The van der Waals surface area contributed by atoms with E-state index in [4.69, 9.17) is 0 Å². The van der Waals surface area contributed by atoms with E-state index in [9.17, 15) is 9.90 Å². The minimum Gasteiger partial charge on any atom is -0.389 e. The molecule has 4 nitrogen and oxygen atoms in total. The summed E-state index contributed by atoms with van der Waals surface area (Å²) in [6, 6.07) is 0.0907. The van der Waals surface area contributed by atoms with Crippen LogP contribution in [0, 0.1) is 0 Å². The molecule has 0 aliphatic rings. The number of amides is 1. The third kappa shape index (κ3) is 5.94. The fourth-order valence-corrected chi connectivity index (χ4v) is 0.971. The predicted octanol–water partition coefficient (Wildman–Crippen LogP) is 0.262. The van der Waals surface area contributed by atoms with Crippen LogP contribution < -0.4 is 10.6 Å². The molecule has 0 aromatic carbocycles. The molecule has 0 aromatic heterocycles. The van der Waals surface area contributed by atoms with E-state index in [0.29, 0.717) is 19.4 Å². The molecule has 0 aliphatic carbocycles. The number of hydrogen-bond donors (Lipinski definition) is 3. The molecule has 0 saturated carbocycles. The monoisotopic (exact) mass is 202 g/mol. The molecule has 0 bridgehead atoms. The Labute approximate surface area is 86.1 Å². The zero-order valence-electron chi connectivity index (χ0n) is 9.55. The molecule has 2 atom stereocenters. The lowest BCUT2D eigenvalue weighted by Crippen LogP contribution is -2.42. The standard InChI is InChI=1S/C10H22N2O2/c1-5-10(3,14)7-12-8(2)6-9(13)11-4/h8,12,14H,5-7H2,1-4H3,(H,11,13). The Morgan fingerprint density at radius 3 is 2.57 bits per heavy atom. The first-order valence-corrected chi connectivity index (χ1v) is 5.07. The Morgan fingerprint density at radius 2 is 2.14 bits per heavy atom. The van der Waals surface area contributed by atoms with Crippen LogP contribution in [0.4, 0.5) is 0 Å². The van der Waals surface area contributed by atoms with Crippen molar-refractivity contribution in [2.75, 3.05) is 13.6 Å². The van der Waals surface area contributed by atoms with Crippen molar-refractivity contribution < 1.29 is 9.90 Å². The second-order valence-corrected chi connectivity index (χ2v) is 4.01. The molecule has 0 fully saturated rings. The zero-order chi connectivity index (χ0) is 11.2. The van der Waals surface area contributed by atoms with Gasteiger partial charge in [0.25, 0.3) is 0 Å². The fraction of sp³-hybridized carbons (Fsp3) is 0.900. The average molecular weight is 202 g/mol. The van der Waals surface area contributed by atoms with Crippen molar-refractivity contribution in [1.29, 1.82) is 0 Å². The Morgan fingerprint density at radius 1 is 1.57 bits per heavy atom. The molecule has 2 unspecified atom stereocenters. The first kappa shape index (κ1) is 13.4. The Balaban J connectivity index is 3.74. The second kappa shape index (κ2) is 5.98. The van der Waals surface area contributed by atoms with Gasteiger partial charge in [-0.15, -0.1) is 0 Å². The molecule has 0 aromatic rings. The lowest BCUT2D eigenvalue weighted by Gasteiger charge is -2.24. The number of carbonyl (C=O) groups is 1. The molecule has 0 rings (SSSR count). The molecule has 3 N–H and O–H groups in total. The molecule has 0 saturated heterocycles. The molecule has 0 heterocycles. The number of carbonyl (C=O) groups excluding carboxylic acids is 1. The number of aliphatic hydroxyl groups is 1. The van der Waals surface area contributed by atoms with E-state index >= 15 is 0 Å². The third-order valence-corrected chi connectivity index (χ3v) is 2.36. The lowest BCUT2D eigenvalue weighted by atomic mass is 10.0. The number of hydrogen-bond acceptors (Lipinski definition) is 3. The van der Waals surface area contributed by atoms with Crippen molar-refractivity contribution in [1.82, 2.24) is 10.6 Å². The van der Waals surface area contributed by atoms with Gasteiger partial charge in [0.2, 0.25) is 5.91 Å². The summed E-state index contributed by atoms with van der Waals surface area (Å²) in [6.07, 6.45) is 1.14. The van der Waals surface area contributed by atoms with Crippen LogP contribution in [-0.4, -0.2) is 36.2 Å². The van der Waals surface area contributed by atoms with Crippen molar-refractivity contribution in [2.24, 2.45) is 0 Å². The van der Waals surface area contributed by atoms with E-state index in [1.165, 1.54) is 0 Å². The van der Waals surface area contributed by atoms with Gasteiger partial charge in [-0.2, -0.15) is 0 Å². The molecular formula is C10H22N2O2. The van der Waals surface area contributed by atoms with Gasteiger partial charge in [-0.3, -0.25) is 4.79 Å². The lowest BCUT2D eigenvalue weighted by molar-refractivity contribution is -0.121. The maximum atomic E-state index is 11.0. The summed E-state index contributed by atoms with van der Waals surface area (Å²) >= 11 is 0. The SMILES string of the molecule is CCC(C)(O)CNC(C)CC(=O)NC. The van der Waals surface area contributed by atoms with Crippen LogP contribution in [-0.2, 0) is 4.79 Å². The van der Waals surface area contributed by atoms with Crippen molar-refractivity contribution in [2.45, 2.75) is 45.3 Å². The number of nitrogens with one attached hydrogen (secondary N) is 2. The summed E-state index contributed by atoms with van der Waals surface area (Å²) in [4.78, 5) is 11.0. The highest BCUT2D eigenvalue weighted by Crippen LogP contribution is 2.06. The zero-order valence-corrected chi connectivity index (χ0v) is 9.55. The predicted molar refractivity (Wildman–Crippen MR) is 57.1 cm³/mol. The van der Waals surface area contributed by atoms with Crippen LogP contribution in [0.25, 0.3) is 0 Å². The molecular weight excluding hydrogens is 180 g/mol. The molecule has 0 spiro atoms. The van der Waals surface area contributed by atoms with E-state index in [-0.39, 0.29) is 11.9 Å². The molecule has 0 aliphatic heterocycles. The Kier molecular flexibility index (Phi) is 5.72. The van der Waals surface area contributed by atoms with Gasteiger partial charge >= 0.3 is 0 Å². The molecule has 84 valence electrons. The highest BCUT2D eigenvalue weighted by atomic mass is 16.3. The van der Waals surface area contributed by atoms with Gasteiger partial charge in [-0.05, 0) is 20.3 Å². The molecule has 14 heavy (non-hydrogen) atoms. The van der Waals surface area contributed by atoms with E-state index in [1.807, 2.05) is 13.8 Å². The maximum Gasteiger partial charge on any atom is 0.221 e. The van der Waals surface area contributed by atoms with Gasteiger partial charge in [-0.1, -0.05) is 6.92 Å². The van der Waals surface area contributed by atoms with E-state index in [1.54, 1.807) is 14.0 Å². The van der Waals surface area contributed by atoms with Crippen molar-refractivity contribution >= 4 is 5.91 Å².